The monoisotopic (exact) mass is 266 g/mol. The summed E-state index contributed by atoms with van der Waals surface area (Å²) in [6.07, 6.45) is 2.91. The van der Waals surface area contributed by atoms with E-state index in [1.807, 2.05) is 0 Å². The summed E-state index contributed by atoms with van der Waals surface area (Å²) in [5.74, 6) is -0.368. The van der Waals surface area contributed by atoms with Gasteiger partial charge in [-0.2, -0.15) is 0 Å². The Hall–Kier alpha value is -1.78. The van der Waals surface area contributed by atoms with Crippen LogP contribution in [0.5, 0.6) is 0 Å². The molecule has 4 nitrogen and oxygen atoms in total. The lowest BCUT2D eigenvalue weighted by Gasteiger charge is -2.30. The number of carbonyl (C=O) groups is 1. The molecule has 0 unspecified atom stereocenters. The molecule has 0 spiro atoms. The minimum absolute atomic E-state index is 0.292. The van der Waals surface area contributed by atoms with Crippen LogP contribution in [0.25, 0.3) is 0 Å². The molecule has 0 aromatic heterocycles. The Morgan fingerprint density at radius 1 is 1.37 bits per heavy atom. The molecule has 1 aromatic rings. The summed E-state index contributed by atoms with van der Waals surface area (Å²) in [5.41, 5.74) is 1.33. The van der Waals surface area contributed by atoms with Gasteiger partial charge in [-0.3, -0.25) is 5.32 Å². The van der Waals surface area contributed by atoms with E-state index in [4.69, 9.17) is 4.74 Å². The van der Waals surface area contributed by atoms with Crippen LogP contribution >= 0.6 is 0 Å². The van der Waals surface area contributed by atoms with Gasteiger partial charge in [-0.05, 0) is 44.4 Å². The number of anilines is 2. The highest BCUT2D eigenvalue weighted by Crippen LogP contribution is 2.29. The number of carbonyl (C=O) groups excluding carboxylic acids is 1. The number of amides is 1. The fourth-order valence-electron chi connectivity index (χ4n) is 2.30. The van der Waals surface area contributed by atoms with Gasteiger partial charge in [0.2, 0.25) is 0 Å². The third kappa shape index (κ3) is 3.59. The molecule has 0 saturated carbocycles. The molecule has 2 rings (SSSR count). The van der Waals surface area contributed by atoms with Crippen LogP contribution in [0.1, 0.15) is 26.2 Å². The average Bonchev–Trinajstić information content (AvgIpc) is 2.40. The normalized spacial score (nSPS) is 15.2. The van der Waals surface area contributed by atoms with Gasteiger partial charge < -0.3 is 9.64 Å². The van der Waals surface area contributed by atoms with Crippen LogP contribution in [0.4, 0.5) is 20.6 Å². The summed E-state index contributed by atoms with van der Waals surface area (Å²) >= 11 is 0. The lowest BCUT2D eigenvalue weighted by Crippen LogP contribution is -2.30. The van der Waals surface area contributed by atoms with Crippen molar-refractivity contribution in [3.05, 3.63) is 24.0 Å². The zero-order valence-corrected chi connectivity index (χ0v) is 11.1. The summed E-state index contributed by atoms with van der Waals surface area (Å²) in [6, 6.07) is 4.46. The van der Waals surface area contributed by atoms with E-state index in [2.05, 4.69) is 10.2 Å². The number of nitrogens with zero attached hydrogens (tertiary/aromatic N) is 1. The number of hydrogen-bond acceptors (Lipinski definition) is 3. The van der Waals surface area contributed by atoms with Gasteiger partial charge >= 0.3 is 6.09 Å². The van der Waals surface area contributed by atoms with E-state index in [0.717, 1.165) is 31.6 Å². The first-order valence-electron chi connectivity index (χ1n) is 6.69. The van der Waals surface area contributed by atoms with Crippen molar-refractivity contribution in [1.29, 1.82) is 0 Å². The van der Waals surface area contributed by atoms with Crippen molar-refractivity contribution < 1.29 is 13.9 Å². The highest BCUT2D eigenvalue weighted by Gasteiger charge is 2.16. The Morgan fingerprint density at radius 3 is 2.79 bits per heavy atom. The second-order valence-corrected chi connectivity index (χ2v) is 4.55. The summed E-state index contributed by atoms with van der Waals surface area (Å²) < 4.78 is 18.2. The summed E-state index contributed by atoms with van der Waals surface area (Å²) in [6.45, 7) is 3.89. The fourth-order valence-corrected chi connectivity index (χ4v) is 2.30. The van der Waals surface area contributed by atoms with Gasteiger partial charge in [0.15, 0.2) is 0 Å². The quantitative estimate of drug-likeness (QED) is 0.911. The number of piperidine rings is 1. The van der Waals surface area contributed by atoms with E-state index < -0.39 is 6.09 Å². The van der Waals surface area contributed by atoms with Gasteiger partial charge in [0.1, 0.15) is 5.82 Å². The first-order chi connectivity index (χ1) is 9.20. The minimum atomic E-state index is -0.550. The molecule has 104 valence electrons. The minimum Gasteiger partial charge on any atom is -0.450 e. The number of benzene rings is 1. The Kier molecular flexibility index (Phi) is 4.60. The Balaban J connectivity index is 2.19. The first kappa shape index (κ1) is 13.6. The average molecular weight is 266 g/mol. The van der Waals surface area contributed by atoms with Gasteiger partial charge in [0.05, 0.1) is 18.0 Å². The molecule has 0 aliphatic carbocycles. The SMILES string of the molecule is CCOC(=O)Nc1cc(F)ccc1N1CCCCC1. The molecule has 1 aliphatic heterocycles. The lowest BCUT2D eigenvalue weighted by atomic mass is 10.1. The van der Waals surface area contributed by atoms with Gasteiger partial charge in [0.25, 0.3) is 0 Å². The van der Waals surface area contributed by atoms with Crippen LogP contribution in [0.3, 0.4) is 0 Å². The van der Waals surface area contributed by atoms with Crippen molar-refractivity contribution >= 4 is 17.5 Å². The number of halogens is 1. The molecule has 1 aliphatic rings. The van der Waals surface area contributed by atoms with Crippen molar-refractivity contribution in [2.45, 2.75) is 26.2 Å². The van der Waals surface area contributed by atoms with Crippen molar-refractivity contribution in [2.24, 2.45) is 0 Å². The van der Waals surface area contributed by atoms with E-state index >= 15 is 0 Å². The van der Waals surface area contributed by atoms with Gasteiger partial charge in [-0.1, -0.05) is 0 Å². The zero-order valence-electron chi connectivity index (χ0n) is 11.1. The molecular formula is C14H19FN2O2. The highest BCUT2D eigenvalue weighted by molar-refractivity contribution is 5.89. The predicted octanol–water partition coefficient (Wildman–Crippen LogP) is 3.38. The summed E-state index contributed by atoms with van der Waals surface area (Å²) in [4.78, 5) is 13.7. The number of hydrogen-bond donors (Lipinski definition) is 1. The molecule has 1 N–H and O–H groups in total. The molecule has 5 heteroatoms. The molecule has 1 fully saturated rings. The summed E-state index contributed by atoms with van der Waals surface area (Å²) in [7, 11) is 0. The summed E-state index contributed by atoms with van der Waals surface area (Å²) in [5, 5.41) is 2.61. The van der Waals surface area contributed by atoms with Crippen molar-refractivity contribution in [2.75, 3.05) is 29.9 Å². The van der Waals surface area contributed by atoms with Crippen LogP contribution < -0.4 is 10.2 Å². The van der Waals surface area contributed by atoms with Crippen LogP contribution in [-0.4, -0.2) is 25.8 Å². The largest absolute Gasteiger partial charge is 0.450 e. The van der Waals surface area contributed by atoms with Crippen LogP contribution in [0, 0.1) is 5.82 Å². The molecule has 1 heterocycles. The van der Waals surface area contributed by atoms with E-state index in [9.17, 15) is 9.18 Å². The van der Waals surface area contributed by atoms with Gasteiger partial charge in [-0.15, -0.1) is 0 Å². The van der Waals surface area contributed by atoms with E-state index in [1.54, 1.807) is 13.0 Å². The molecular weight excluding hydrogens is 247 g/mol. The first-order valence-corrected chi connectivity index (χ1v) is 6.69. The number of ether oxygens (including phenoxy) is 1. The maximum absolute atomic E-state index is 13.3. The Bertz CT molecular complexity index is 445. The van der Waals surface area contributed by atoms with E-state index in [1.165, 1.54) is 18.6 Å². The maximum Gasteiger partial charge on any atom is 0.411 e. The zero-order chi connectivity index (χ0) is 13.7. The molecule has 0 bridgehead atoms. The Morgan fingerprint density at radius 2 is 2.11 bits per heavy atom. The topological polar surface area (TPSA) is 41.6 Å². The second kappa shape index (κ2) is 6.41. The van der Waals surface area contributed by atoms with Crippen molar-refractivity contribution in [1.82, 2.24) is 0 Å². The molecule has 0 radical (unpaired) electrons. The standard InChI is InChI=1S/C14H19FN2O2/c1-2-19-14(18)16-12-10-11(15)6-7-13(12)17-8-4-3-5-9-17/h6-7,10H,2-5,8-9H2,1H3,(H,16,18). The molecule has 1 aromatic carbocycles. The third-order valence-corrected chi connectivity index (χ3v) is 3.17. The van der Waals surface area contributed by atoms with Crippen LogP contribution in [0.2, 0.25) is 0 Å². The van der Waals surface area contributed by atoms with Gasteiger partial charge in [-0.25, -0.2) is 9.18 Å². The molecule has 19 heavy (non-hydrogen) atoms. The van der Waals surface area contributed by atoms with Crippen molar-refractivity contribution in [3.63, 3.8) is 0 Å². The molecule has 1 saturated heterocycles. The molecule has 1 amide bonds. The maximum atomic E-state index is 13.3. The van der Waals surface area contributed by atoms with Crippen LogP contribution in [0.15, 0.2) is 18.2 Å². The van der Waals surface area contributed by atoms with Crippen molar-refractivity contribution in [3.8, 4) is 0 Å². The molecule has 0 atom stereocenters. The number of nitrogens with one attached hydrogen (secondary N) is 1. The van der Waals surface area contributed by atoms with Crippen LogP contribution in [-0.2, 0) is 4.74 Å². The van der Waals surface area contributed by atoms with E-state index in [-0.39, 0.29) is 5.82 Å². The van der Waals surface area contributed by atoms with Gasteiger partial charge in [0, 0.05) is 13.1 Å². The Labute approximate surface area is 112 Å². The highest BCUT2D eigenvalue weighted by atomic mass is 19.1. The predicted molar refractivity (Wildman–Crippen MR) is 73.1 cm³/mol. The smallest absolute Gasteiger partial charge is 0.411 e. The van der Waals surface area contributed by atoms with E-state index in [0.29, 0.717) is 12.3 Å². The lowest BCUT2D eigenvalue weighted by molar-refractivity contribution is 0.168. The second-order valence-electron chi connectivity index (χ2n) is 4.55. The fraction of sp³-hybridized carbons (Fsp3) is 0.500. The number of rotatable bonds is 3. The third-order valence-electron chi connectivity index (χ3n) is 3.17.